The van der Waals surface area contributed by atoms with Gasteiger partial charge in [0.25, 0.3) is 0 Å². The Hall–Kier alpha value is -0.420. The van der Waals surface area contributed by atoms with Crippen molar-refractivity contribution in [1.82, 2.24) is 20.3 Å². The molecule has 3 atom stereocenters. The lowest BCUT2D eigenvalue weighted by Gasteiger charge is -2.35. The molecular formula is C14H25BrN4. The largest absolute Gasteiger partial charge is 0.316 e. The minimum absolute atomic E-state index is 0.572. The number of rotatable bonds is 5. The number of hydrogen-bond acceptors (Lipinski definition) is 3. The Morgan fingerprint density at radius 1 is 1.42 bits per heavy atom. The SMILES string of the molecule is CCCNCC1CCC(C)CC1c1c(Br)nnn1C. The lowest BCUT2D eigenvalue weighted by Crippen LogP contribution is -2.33. The van der Waals surface area contributed by atoms with Crippen LogP contribution in [0.3, 0.4) is 0 Å². The van der Waals surface area contributed by atoms with Crippen LogP contribution in [-0.2, 0) is 7.05 Å². The maximum absolute atomic E-state index is 4.16. The molecule has 2 rings (SSSR count). The van der Waals surface area contributed by atoms with Gasteiger partial charge in [-0.3, -0.25) is 4.68 Å². The van der Waals surface area contributed by atoms with Crippen LogP contribution in [0.2, 0.25) is 0 Å². The van der Waals surface area contributed by atoms with Gasteiger partial charge in [-0.15, -0.1) is 5.10 Å². The summed E-state index contributed by atoms with van der Waals surface area (Å²) in [5.41, 5.74) is 1.27. The van der Waals surface area contributed by atoms with Gasteiger partial charge < -0.3 is 5.32 Å². The molecule has 0 aliphatic heterocycles. The molecule has 1 fully saturated rings. The van der Waals surface area contributed by atoms with Crippen LogP contribution in [-0.4, -0.2) is 28.1 Å². The third-order valence-corrected chi connectivity index (χ3v) is 4.83. The normalized spacial score (nSPS) is 27.7. The van der Waals surface area contributed by atoms with E-state index in [-0.39, 0.29) is 0 Å². The van der Waals surface area contributed by atoms with E-state index in [1.54, 1.807) is 0 Å². The van der Waals surface area contributed by atoms with Crippen molar-refractivity contribution in [3.8, 4) is 0 Å². The molecule has 0 spiro atoms. The van der Waals surface area contributed by atoms with Gasteiger partial charge in [0.1, 0.15) is 0 Å². The van der Waals surface area contributed by atoms with Gasteiger partial charge in [0.2, 0.25) is 0 Å². The molecule has 1 heterocycles. The molecule has 1 saturated carbocycles. The van der Waals surface area contributed by atoms with Crippen molar-refractivity contribution in [3.05, 3.63) is 10.3 Å². The summed E-state index contributed by atoms with van der Waals surface area (Å²) in [6.45, 7) is 6.81. The third kappa shape index (κ3) is 3.57. The van der Waals surface area contributed by atoms with Crippen LogP contribution < -0.4 is 5.32 Å². The first-order valence-corrected chi connectivity index (χ1v) is 8.18. The van der Waals surface area contributed by atoms with Gasteiger partial charge >= 0.3 is 0 Å². The van der Waals surface area contributed by atoms with Crippen molar-refractivity contribution in [2.24, 2.45) is 18.9 Å². The highest BCUT2D eigenvalue weighted by atomic mass is 79.9. The maximum Gasteiger partial charge on any atom is 0.151 e. The number of aryl methyl sites for hydroxylation is 1. The van der Waals surface area contributed by atoms with Crippen molar-refractivity contribution in [1.29, 1.82) is 0 Å². The highest BCUT2D eigenvalue weighted by Gasteiger charge is 2.33. The summed E-state index contributed by atoms with van der Waals surface area (Å²) >= 11 is 3.57. The molecule has 3 unspecified atom stereocenters. The summed E-state index contributed by atoms with van der Waals surface area (Å²) in [5.74, 6) is 2.08. The van der Waals surface area contributed by atoms with E-state index in [9.17, 15) is 0 Å². The van der Waals surface area contributed by atoms with Crippen LogP contribution in [0.25, 0.3) is 0 Å². The van der Waals surface area contributed by atoms with E-state index >= 15 is 0 Å². The predicted octanol–water partition coefficient (Wildman–Crippen LogP) is 3.10. The van der Waals surface area contributed by atoms with E-state index < -0.39 is 0 Å². The summed E-state index contributed by atoms with van der Waals surface area (Å²) in [5, 5.41) is 11.9. The summed E-state index contributed by atoms with van der Waals surface area (Å²) in [6, 6.07) is 0. The van der Waals surface area contributed by atoms with Gasteiger partial charge in [-0.2, -0.15) is 0 Å². The zero-order valence-electron chi connectivity index (χ0n) is 12.2. The molecule has 19 heavy (non-hydrogen) atoms. The Morgan fingerprint density at radius 2 is 2.21 bits per heavy atom. The van der Waals surface area contributed by atoms with Crippen LogP contribution in [0.15, 0.2) is 4.60 Å². The van der Waals surface area contributed by atoms with Gasteiger partial charge in [0, 0.05) is 13.0 Å². The molecule has 5 heteroatoms. The molecule has 0 aromatic carbocycles. The summed E-state index contributed by atoms with van der Waals surface area (Å²) in [7, 11) is 2.00. The summed E-state index contributed by atoms with van der Waals surface area (Å²) in [4.78, 5) is 0. The smallest absolute Gasteiger partial charge is 0.151 e. The number of halogens is 1. The Morgan fingerprint density at radius 3 is 2.84 bits per heavy atom. The monoisotopic (exact) mass is 328 g/mol. The number of aromatic nitrogens is 3. The molecule has 1 aromatic rings. The Bertz CT molecular complexity index is 385. The van der Waals surface area contributed by atoms with Crippen molar-refractivity contribution in [2.45, 2.75) is 45.4 Å². The Balaban J connectivity index is 2.12. The first-order chi connectivity index (χ1) is 9.13. The lowest BCUT2D eigenvalue weighted by molar-refractivity contribution is 0.234. The van der Waals surface area contributed by atoms with Crippen molar-refractivity contribution in [2.75, 3.05) is 13.1 Å². The van der Waals surface area contributed by atoms with Crippen LogP contribution >= 0.6 is 15.9 Å². The second kappa shape index (κ2) is 6.84. The van der Waals surface area contributed by atoms with E-state index in [1.165, 1.54) is 31.4 Å². The van der Waals surface area contributed by atoms with Crippen molar-refractivity contribution < 1.29 is 0 Å². The molecule has 0 saturated heterocycles. The van der Waals surface area contributed by atoms with Crippen LogP contribution in [0.1, 0.15) is 51.1 Å². The first-order valence-electron chi connectivity index (χ1n) is 7.39. The van der Waals surface area contributed by atoms with Gasteiger partial charge in [0.15, 0.2) is 4.60 Å². The fourth-order valence-electron chi connectivity index (χ4n) is 3.22. The summed E-state index contributed by atoms with van der Waals surface area (Å²) in [6.07, 6.45) is 5.10. The molecule has 1 aliphatic carbocycles. The van der Waals surface area contributed by atoms with Crippen LogP contribution in [0.5, 0.6) is 0 Å². The first kappa shape index (κ1) is 15.0. The van der Waals surface area contributed by atoms with Crippen molar-refractivity contribution >= 4 is 15.9 Å². The highest BCUT2D eigenvalue weighted by Crippen LogP contribution is 2.41. The zero-order chi connectivity index (χ0) is 13.8. The minimum atomic E-state index is 0.572. The van der Waals surface area contributed by atoms with E-state index in [0.717, 1.165) is 23.6 Å². The molecule has 1 aliphatic rings. The Kier molecular flexibility index (Phi) is 5.39. The fraction of sp³-hybridized carbons (Fsp3) is 0.857. The average Bonchev–Trinajstić information content (AvgIpc) is 2.71. The van der Waals surface area contributed by atoms with Crippen LogP contribution in [0, 0.1) is 11.8 Å². The van der Waals surface area contributed by atoms with Gasteiger partial charge in [-0.05, 0) is 60.1 Å². The van der Waals surface area contributed by atoms with E-state index in [4.69, 9.17) is 0 Å². The molecule has 4 nitrogen and oxygen atoms in total. The van der Waals surface area contributed by atoms with E-state index in [2.05, 4.69) is 45.4 Å². The predicted molar refractivity (Wildman–Crippen MR) is 81.1 cm³/mol. The number of nitrogens with one attached hydrogen (secondary N) is 1. The molecule has 1 N–H and O–H groups in total. The quantitative estimate of drug-likeness (QED) is 0.844. The van der Waals surface area contributed by atoms with Gasteiger partial charge in [-0.25, -0.2) is 0 Å². The van der Waals surface area contributed by atoms with Crippen molar-refractivity contribution in [3.63, 3.8) is 0 Å². The van der Waals surface area contributed by atoms with E-state index in [1.807, 2.05) is 11.7 Å². The third-order valence-electron chi connectivity index (χ3n) is 4.27. The minimum Gasteiger partial charge on any atom is -0.316 e. The zero-order valence-corrected chi connectivity index (χ0v) is 13.8. The van der Waals surface area contributed by atoms with E-state index in [0.29, 0.717) is 11.8 Å². The molecule has 0 radical (unpaired) electrons. The molecule has 0 amide bonds. The number of hydrogen-bond donors (Lipinski definition) is 1. The second-order valence-electron chi connectivity index (χ2n) is 5.88. The maximum atomic E-state index is 4.16. The Labute approximate surface area is 124 Å². The topological polar surface area (TPSA) is 42.7 Å². The lowest BCUT2D eigenvalue weighted by atomic mass is 9.73. The second-order valence-corrected chi connectivity index (χ2v) is 6.63. The molecule has 0 bridgehead atoms. The highest BCUT2D eigenvalue weighted by molar-refractivity contribution is 9.10. The van der Waals surface area contributed by atoms with Gasteiger partial charge in [0.05, 0.1) is 5.69 Å². The average molecular weight is 329 g/mol. The molecular weight excluding hydrogens is 304 g/mol. The number of nitrogens with zero attached hydrogens (tertiary/aromatic N) is 3. The summed E-state index contributed by atoms with van der Waals surface area (Å²) < 4.78 is 2.87. The standard InChI is InChI=1S/C14H25BrN4/c1-4-7-16-9-11-6-5-10(2)8-12(11)13-14(15)17-18-19(13)3/h10-12,16H,4-9H2,1-3H3. The van der Waals surface area contributed by atoms with Crippen LogP contribution in [0.4, 0.5) is 0 Å². The molecule has 1 aromatic heterocycles. The molecule has 108 valence electrons. The van der Waals surface area contributed by atoms with Gasteiger partial charge in [-0.1, -0.05) is 25.5 Å². The fourth-order valence-corrected chi connectivity index (χ4v) is 3.84.